The quantitative estimate of drug-likeness (QED) is 0.244. The minimum absolute atomic E-state index is 0.0947. The van der Waals surface area contributed by atoms with Crippen LogP contribution in [0.1, 0.15) is 30.0 Å². The van der Waals surface area contributed by atoms with E-state index in [2.05, 4.69) is 0 Å². The van der Waals surface area contributed by atoms with E-state index in [9.17, 15) is 19.4 Å². The number of benzene rings is 3. The molecule has 0 aliphatic carbocycles. The number of aliphatic hydroxyl groups is 2. The van der Waals surface area contributed by atoms with Gasteiger partial charge in [-0.25, -0.2) is 0 Å². The summed E-state index contributed by atoms with van der Waals surface area (Å²) in [6.45, 7) is 0.877. The van der Waals surface area contributed by atoms with Crippen LogP contribution in [0.5, 0.6) is 5.75 Å². The molecule has 4 rings (SSSR count). The van der Waals surface area contributed by atoms with E-state index in [1.54, 1.807) is 24.3 Å². The topological polar surface area (TPSA) is 92.8 Å². The molecule has 0 aliphatic rings. The zero-order valence-electron chi connectivity index (χ0n) is 19.5. The van der Waals surface area contributed by atoms with Gasteiger partial charge in [0.15, 0.2) is 5.43 Å². The molecule has 0 fully saturated rings. The van der Waals surface area contributed by atoms with Crippen LogP contribution in [0.4, 0.5) is 4.39 Å². The molecule has 2 radical (unpaired) electrons. The molecule has 1 atom stereocenters. The highest BCUT2D eigenvalue weighted by atomic mass is 32.1. The molecule has 1 heterocycles. The molecular weight excluding hydrogens is 464 g/mol. The Balaban J connectivity index is 1.59. The Bertz CT molecular complexity index is 1410. The summed E-state index contributed by atoms with van der Waals surface area (Å²) >= 11 is 1.52. The van der Waals surface area contributed by atoms with Gasteiger partial charge < -0.3 is 20.7 Å². The number of rotatable bonds is 9. The van der Waals surface area contributed by atoms with E-state index in [-0.39, 0.29) is 25.2 Å². The minimum atomic E-state index is -1.93. The van der Waals surface area contributed by atoms with Crippen LogP contribution >= 0.6 is 11.3 Å². The van der Waals surface area contributed by atoms with Crippen molar-refractivity contribution in [1.82, 2.24) is 0 Å². The average molecular weight is 491 g/mol. The second kappa shape index (κ2) is 10.1. The van der Waals surface area contributed by atoms with Crippen LogP contribution in [0.3, 0.4) is 0 Å². The van der Waals surface area contributed by atoms with Crippen molar-refractivity contribution in [3.8, 4) is 5.75 Å². The molecule has 0 saturated carbocycles. The maximum Gasteiger partial charge on any atom is 0.196 e. The molecule has 0 aliphatic heterocycles. The predicted molar refractivity (Wildman–Crippen MR) is 140 cm³/mol. The van der Waals surface area contributed by atoms with Gasteiger partial charge in [0.2, 0.25) is 0 Å². The maximum atomic E-state index is 14.1. The molecule has 0 amide bonds. The summed E-state index contributed by atoms with van der Waals surface area (Å²) < 4.78 is 21.7. The summed E-state index contributed by atoms with van der Waals surface area (Å²) in [5.41, 5.74) is 4.94. The van der Waals surface area contributed by atoms with Gasteiger partial charge in [-0.2, -0.15) is 0 Å². The molecule has 4 N–H and O–H groups in total. The first-order valence-corrected chi connectivity index (χ1v) is 12.1. The number of nitrogens with two attached hydrogens (primary N) is 1. The number of aryl methyl sites for hydroxylation is 1. The zero-order valence-corrected chi connectivity index (χ0v) is 20.3. The normalized spacial score (nSPS) is 13.7. The monoisotopic (exact) mass is 491 g/mol. The van der Waals surface area contributed by atoms with Crippen molar-refractivity contribution in [2.24, 2.45) is 5.73 Å². The molecule has 4 aromatic rings. The Morgan fingerprint density at radius 2 is 1.69 bits per heavy atom. The van der Waals surface area contributed by atoms with Crippen LogP contribution in [-0.4, -0.2) is 36.8 Å². The number of hydrogen-bond donors (Lipinski definition) is 3. The van der Waals surface area contributed by atoms with Gasteiger partial charge in [0.05, 0.1) is 24.3 Å². The summed E-state index contributed by atoms with van der Waals surface area (Å²) in [5.74, 6) is 0.539. The third-order valence-corrected chi connectivity index (χ3v) is 7.29. The second-order valence-corrected chi connectivity index (χ2v) is 10.2. The number of alkyl halides is 1. The Hall–Kier alpha value is -2.78. The first kappa shape index (κ1) is 25.3. The van der Waals surface area contributed by atoms with Crippen molar-refractivity contribution in [3.05, 3.63) is 87.6 Å². The highest BCUT2D eigenvalue weighted by molar-refractivity contribution is 7.24. The Morgan fingerprint density at radius 1 is 1.00 bits per heavy atom. The first-order chi connectivity index (χ1) is 16.6. The Morgan fingerprint density at radius 3 is 2.37 bits per heavy atom. The van der Waals surface area contributed by atoms with E-state index in [0.29, 0.717) is 34.9 Å². The second-order valence-electron chi connectivity index (χ2n) is 9.16. The number of fused-ring (bicyclic) bond motifs is 2. The fraction of sp³-hybridized carbons (Fsp3) is 0.296. The van der Waals surface area contributed by atoms with Crippen LogP contribution < -0.4 is 15.9 Å². The van der Waals surface area contributed by atoms with Gasteiger partial charge in [0, 0.05) is 20.2 Å². The zero-order chi connectivity index (χ0) is 25.2. The van der Waals surface area contributed by atoms with E-state index in [4.69, 9.17) is 18.3 Å². The lowest BCUT2D eigenvalue weighted by atomic mass is 9.79. The number of aliphatic hydroxyl groups excluding tert-OH is 2. The lowest BCUT2D eigenvalue weighted by Crippen LogP contribution is -2.47. The molecule has 0 bridgehead atoms. The van der Waals surface area contributed by atoms with Gasteiger partial charge in [0.25, 0.3) is 0 Å². The van der Waals surface area contributed by atoms with Crippen LogP contribution in [0.2, 0.25) is 0 Å². The third kappa shape index (κ3) is 5.73. The lowest BCUT2D eigenvalue weighted by molar-refractivity contribution is 0.115. The third-order valence-electron chi connectivity index (χ3n) is 6.14. The summed E-state index contributed by atoms with van der Waals surface area (Å²) in [6.07, 6.45) is 0.917. The average Bonchev–Trinajstić information content (AvgIpc) is 2.86. The summed E-state index contributed by atoms with van der Waals surface area (Å²) in [4.78, 5) is 13.3. The first-order valence-electron chi connectivity index (χ1n) is 11.3. The van der Waals surface area contributed by atoms with Gasteiger partial charge in [0.1, 0.15) is 20.2 Å². The predicted octanol–water partition coefficient (Wildman–Crippen LogP) is 3.92. The molecule has 1 unspecified atom stereocenters. The summed E-state index contributed by atoms with van der Waals surface area (Å²) in [6, 6.07) is 18.0. The van der Waals surface area contributed by atoms with Crippen LogP contribution in [0.25, 0.3) is 20.2 Å². The number of hydrogen-bond acceptors (Lipinski definition) is 6. The molecule has 1 aromatic heterocycles. The SMILES string of the molecule is [B]C(C)(F)c1cccc(COc2ccc3sc4ccc(CCC(N)(CO)CO)cc4c(=O)c3c2)c1. The van der Waals surface area contributed by atoms with Crippen LogP contribution in [0, 0.1) is 0 Å². The molecular formula is C27H27BFNO4S. The highest BCUT2D eigenvalue weighted by Crippen LogP contribution is 2.29. The summed E-state index contributed by atoms with van der Waals surface area (Å²) in [7, 11) is 5.55. The van der Waals surface area contributed by atoms with E-state index in [1.807, 2.05) is 36.4 Å². The van der Waals surface area contributed by atoms with E-state index < -0.39 is 11.1 Å². The van der Waals surface area contributed by atoms with E-state index >= 15 is 0 Å². The standard InChI is InChI=1S/C27H27BFNO4S/c1-26(28,29)19-4-2-3-18(11-19)14-34-20-6-8-24-22(13-20)25(33)21-12-17(5-7-23(21)35-24)9-10-27(30,15-31)16-32/h2-8,11-13,31-32H,9-10,14-16,30H2,1H3. The van der Waals surface area contributed by atoms with Gasteiger partial charge in [-0.3, -0.25) is 9.18 Å². The fourth-order valence-corrected chi connectivity index (χ4v) is 4.89. The van der Waals surface area contributed by atoms with Crippen molar-refractivity contribution < 1.29 is 19.3 Å². The molecule has 8 heteroatoms. The smallest absolute Gasteiger partial charge is 0.196 e. The molecule has 180 valence electrons. The van der Waals surface area contributed by atoms with Gasteiger partial charge in [-0.1, -0.05) is 30.3 Å². The van der Waals surface area contributed by atoms with Gasteiger partial charge >= 0.3 is 0 Å². The number of ether oxygens (including phenoxy) is 1. The molecule has 0 saturated heterocycles. The molecule has 35 heavy (non-hydrogen) atoms. The Kier molecular flexibility index (Phi) is 7.28. The largest absolute Gasteiger partial charge is 0.489 e. The highest BCUT2D eigenvalue weighted by Gasteiger charge is 2.22. The van der Waals surface area contributed by atoms with E-state index in [0.717, 1.165) is 20.5 Å². The van der Waals surface area contributed by atoms with Crippen LogP contribution in [0.15, 0.2) is 65.5 Å². The van der Waals surface area contributed by atoms with Gasteiger partial charge in [-0.05, 0) is 66.8 Å². The Labute approximate surface area is 208 Å². The molecule has 0 spiro atoms. The molecule has 5 nitrogen and oxygen atoms in total. The van der Waals surface area contributed by atoms with Crippen molar-refractivity contribution in [2.75, 3.05) is 13.2 Å². The van der Waals surface area contributed by atoms with Gasteiger partial charge in [-0.15, -0.1) is 11.3 Å². The van der Waals surface area contributed by atoms with Crippen molar-refractivity contribution in [1.29, 1.82) is 0 Å². The minimum Gasteiger partial charge on any atom is -0.489 e. The maximum absolute atomic E-state index is 14.1. The van der Waals surface area contributed by atoms with Crippen LogP contribution in [-0.2, 0) is 18.6 Å². The fourth-order valence-electron chi connectivity index (χ4n) is 3.86. The molecule has 3 aromatic carbocycles. The van der Waals surface area contributed by atoms with Crippen molar-refractivity contribution in [3.63, 3.8) is 0 Å². The van der Waals surface area contributed by atoms with E-state index in [1.165, 1.54) is 18.3 Å². The van der Waals surface area contributed by atoms with Crippen molar-refractivity contribution >= 4 is 39.4 Å². The number of halogens is 1. The van der Waals surface area contributed by atoms with Crippen molar-refractivity contribution in [2.45, 2.75) is 37.5 Å². The summed E-state index contributed by atoms with van der Waals surface area (Å²) in [5, 5.41) is 20.0. The lowest BCUT2D eigenvalue weighted by Gasteiger charge is -2.24.